The molecule has 27 heavy (non-hydrogen) atoms. The van der Waals surface area contributed by atoms with Crippen molar-refractivity contribution in [3.05, 3.63) is 41.2 Å². The largest absolute Gasteiger partial charge is 0.348 e. The highest BCUT2D eigenvalue weighted by atomic mass is 32.1. The number of fused-ring (bicyclic) bond motifs is 1. The van der Waals surface area contributed by atoms with Gasteiger partial charge in [-0.2, -0.15) is 5.10 Å². The lowest BCUT2D eigenvalue weighted by molar-refractivity contribution is 0.0921. The highest BCUT2D eigenvalue weighted by Crippen LogP contribution is 2.32. The minimum absolute atomic E-state index is 0.0378. The van der Waals surface area contributed by atoms with Crippen LogP contribution in [0.1, 0.15) is 41.5 Å². The molecule has 6 nitrogen and oxygen atoms in total. The number of carbonyl (C=O) groups is 1. The summed E-state index contributed by atoms with van der Waals surface area (Å²) in [6, 6.07) is 8.46. The van der Waals surface area contributed by atoms with Crippen LogP contribution in [0, 0.1) is 6.92 Å². The van der Waals surface area contributed by atoms with Gasteiger partial charge in [-0.1, -0.05) is 30.4 Å². The molecule has 0 bridgehead atoms. The third-order valence-corrected chi connectivity index (χ3v) is 6.29. The monoisotopic (exact) mass is 383 g/mol. The Hall–Kier alpha value is -2.41. The molecule has 0 atom stereocenters. The zero-order valence-electron chi connectivity index (χ0n) is 16.0. The number of nitrogens with zero attached hydrogens (tertiary/aromatic N) is 4. The molecule has 0 radical (unpaired) electrons. The van der Waals surface area contributed by atoms with Crippen LogP contribution >= 0.6 is 11.3 Å². The fraction of sp³-hybridized carbons (Fsp3) is 0.450. The molecule has 1 N–H and O–H groups in total. The molecule has 2 aromatic heterocycles. The average molecular weight is 384 g/mol. The molecule has 3 aromatic rings. The minimum atomic E-state index is -0.0378. The van der Waals surface area contributed by atoms with Crippen LogP contribution in [-0.2, 0) is 13.5 Å². The summed E-state index contributed by atoms with van der Waals surface area (Å²) in [4.78, 5) is 19.7. The Balaban J connectivity index is 1.40. The smallest absolute Gasteiger partial charge is 0.269 e. The van der Waals surface area contributed by atoms with Gasteiger partial charge in [0.15, 0.2) is 5.13 Å². The Morgan fingerprint density at radius 2 is 2.11 bits per heavy atom. The van der Waals surface area contributed by atoms with Gasteiger partial charge in [0.05, 0.1) is 15.9 Å². The van der Waals surface area contributed by atoms with Gasteiger partial charge < -0.3 is 10.2 Å². The van der Waals surface area contributed by atoms with Crippen molar-refractivity contribution in [2.75, 3.05) is 18.0 Å². The molecule has 0 aliphatic carbocycles. The van der Waals surface area contributed by atoms with Crippen molar-refractivity contribution in [2.45, 2.75) is 39.2 Å². The summed E-state index contributed by atoms with van der Waals surface area (Å²) in [6.07, 6.45) is 2.86. The lowest BCUT2D eigenvalue weighted by atomic mass is 10.1. The molecule has 1 fully saturated rings. The summed E-state index contributed by atoms with van der Waals surface area (Å²) in [5, 5.41) is 8.51. The number of thiazole rings is 1. The summed E-state index contributed by atoms with van der Waals surface area (Å²) in [5.41, 5.74) is 3.93. The fourth-order valence-electron chi connectivity index (χ4n) is 3.71. The van der Waals surface area contributed by atoms with E-state index in [1.165, 1.54) is 10.3 Å². The molecule has 1 aliphatic rings. The van der Waals surface area contributed by atoms with E-state index >= 15 is 0 Å². The Morgan fingerprint density at radius 1 is 1.33 bits per heavy atom. The molecule has 3 heterocycles. The van der Waals surface area contributed by atoms with Crippen LogP contribution < -0.4 is 10.2 Å². The van der Waals surface area contributed by atoms with Crippen molar-refractivity contribution in [1.29, 1.82) is 0 Å². The second-order valence-corrected chi connectivity index (χ2v) is 8.15. The van der Waals surface area contributed by atoms with E-state index in [0.29, 0.717) is 5.69 Å². The number of nitrogens with one attached hydrogen (secondary N) is 1. The molecule has 0 saturated carbocycles. The predicted octanol–water partition coefficient (Wildman–Crippen LogP) is 3.30. The number of hydrogen-bond donors (Lipinski definition) is 1. The van der Waals surface area contributed by atoms with Crippen LogP contribution in [0.15, 0.2) is 24.3 Å². The molecule has 1 aromatic carbocycles. The van der Waals surface area contributed by atoms with Gasteiger partial charge in [0.1, 0.15) is 5.69 Å². The van der Waals surface area contributed by atoms with E-state index in [2.05, 4.69) is 40.4 Å². The third kappa shape index (κ3) is 3.56. The number of rotatable bonds is 4. The summed E-state index contributed by atoms with van der Waals surface area (Å²) in [6.45, 7) is 5.90. The molecule has 4 rings (SSSR count). The van der Waals surface area contributed by atoms with Crippen LogP contribution in [-0.4, -0.2) is 39.8 Å². The van der Waals surface area contributed by atoms with Gasteiger partial charge in [0.2, 0.25) is 0 Å². The molecule has 142 valence electrons. The number of hydrogen-bond acceptors (Lipinski definition) is 5. The highest BCUT2D eigenvalue weighted by Gasteiger charge is 2.24. The van der Waals surface area contributed by atoms with E-state index in [1.54, 1.807) is 16.0 Å². The zero-order chi connectivity index (χ0) is 19.0. The Bertz CT molecular complexity index is 968. The van der Waals surface area contributed by atoms with Crippen molar-refractivity contribution in [3.63, 3.8) is 0 Å². The van der Waals surface area contributed by atoms with E-state index in [4.69, 9.17) is 4.98 Å². The predicted molar refractivity (Wildman–Crippen MR) is 110 cm³/mol. The van der Waals surface area contributed by atoms with Crippen LogP contribution in [0.3, 0.4) is 0 Å². The number of para-hydroxylation sites is 1. The van der Waals surface area contributed by atoms with Gasteiger partial charge in [-0.25, -0.2) is 4.98 Å². The van der Waals surface area contributed by atoms with Gasteiger partial charge in [0.25, 0.3) is 5.91 Å². The standard InChI is InChI=1S/C20H25N5OS/c1-4-14-6-5-7-17-18(14)22-20(27-17)25-10-8-15(9-11-25)21-19(26)16-12-13(2)23-24(16)3/h5-7,12,15H,4,8-11H2,1-3H3,(H,21,26). The molecular weight excluding hydrogens is 358 g/mol. The van der Waals surface area contributed by atoms with Crippen LogP contribution in [0.5, 0.6) is 0 Å². The van der Waals surface area contributed by atoms with Gasteiger partial charge in [-0.15, -0.1) is 0 Å². The maximum absolute atomic E-state index is 12.5. The summed E-state index contributed by atoms with van der Waals surface area (Å²) >= 11 is 1.77. The molecule has 0 spiro atoms. The first kappa shape index (κ1) is 18.0. The normalized spacial score (nSPS) is 15.4. The Labute approximate surface area is 163 Å². The first-order valence-electron chi connectivity index (χ1n) is 9.50. The van der Waals surface area contributed by atoms with E-state index in [1.807, 2.05) is 20.0 Å². The Kier molecular flexibility index (Phi) is 4.86. The minimum Gasteiger partial charge on any atom is -0.348 e. The molecule has 7 heteroatoms. The van der Waals surface area contributed by atoms with Crippen LogP contribution in [0.25, 0.3) is 10.2 Å². The van der Waals surface area contributed by atoms with E-state index < -0.39 is 0 Å². The molecule has 1 saturated heterocycles. The van der Waals surface area contributed by atoms with Gasteiger partial charge in [0, 0.05) is 26.2 Å². The summed E-state index contributed by atoms with van der Waals surface area (Å²) < 4.78 is 2.90. The topological polar surface area (TPSA) is 63.1 Å². The van der Waals surface area contributed by atoms with Crippen LogP contribution in [0.2, 0.25) is 0 Å². The third-order valence-electron chi connectivity index (χ3n) is 5.21. The maximum atomic E-state index is 12.5. The van der Waals surface area contributed by atoms with E-state index in [0.717, 1.165) is 48.7 Å². The first-order chi connectivity index (χ1) is 13.0. The van der Waals surface area contributed by atoms with Crippen molar-refractivity contribution >= 4 is 32.6 Å². The molecular formula is C20H25N5OS. The second-order valence-electron chi connectivity index (χ2n) is 7.14. The van der Waals surface area contributed by atoms with Gasteiger partial charge in [-0.05, 0) is 43.9 Å². The second kappa shape index (κ2) is 7.31. The SMILES string of the molecule is CCc1cccc2sc(N3CCC(NC(=O)c4cc(C)nn4C)CC3)nc12. The molecule has 1 amide bonds. The zero-order valence-corrected chi connectivity index (χ0v) is 16.8. The summed E-state index contributed by atoms with van der Waals surface area (Å²) in [7, 11) is 1.81. The fourth-order valence-corrected chi connectivity index (χ4v) is 4.78. The van der Waals surface area contributed by atoms with Gasteiger partial charge in [-0.3, -0.25) is 9.48 Å². The molecule has 0 unspecified atom stereocenters. The maximum Gasteiger partial charge on any atom is 0.269 e. The van der Waals surface area contributed by atoms with E-state index in [9.17, 15) is 4.79 Å². The average Bonchev–Trinajstić information content (AvgIpc) is 3.24. The number of aryl methyl sites for hydroxylation is 3. The quantitative estimate of drug-likeness (QED) is 0.751. The van der Waals surface area contributed by atoms with Crippen molar-refractivity contribution in [2.24, 2.45) is 7.05 Å². The van der Waals surface area contributed by atoms with Gasteiger partial charge >= 0.3 is 0 Å². The van der Waals surface area contributed by atoms with Crippen LogP contribution in [0.4, 0.5) is 5.13 Å². The number of amides is 1. The molecule has 1 aliphatic heterocycles. The van der Waals surface area contributed by atoms with Crippen molar-refractivity contribution in [3.8, 4) is 0 Å². The summed E-state index contributed by atoms with van der Waals surface area (Å²) in [5.74, 6) is -0.0378. The number of anilines is 1. The number of aromatic nitrogens is 3. The van der Waals surface area contributed by atoms with Crippen molar-refractivity contribution < 1.29 is 4.79 Å². The number of piperidine rings is 1. The Morgan fingerprint density at radius 3 is 2.78 bits per heavy atom. The lowest BCUT2D eigenvalue weighted by Gasteiger charge is -2.32. The number of benzene rings is 1. The van der Waals surface area contributed by atoms with Crippen molar-refractivity contribution in [1.82, 2.24) is 20.1 Å². The first-order valence-corrected chi connectivity index (χ1v) is 10.3. The lowest BCUT2D eigenvalue weighted by Crippen LogP contribution is -2.45. The highest BCUT2D eigenvalue weighted by molar-refractivity contribution is 7.22. The van der Waals surface area contributed by atoms with E-state index in [-0.39, 0.29) is 11.9 Å². The number of carbonyl (C=O) groups excluding carboxylic acids is 1.